The first-order chi connectivity index (χ1) is 22.5. The van der Waals surface area contributed by atoms with Gasteiger partial charge in [0.15, 0.2) is 0 Å². The molecule has 47 heavy (non-hydrogen) atoms. The molecular weight excluding hydrogens is 644 g/mol. The molecule has 12 heteroatoms. The molecule has 0 radical (unpaired) electrons. The Morgan fingerprint density at radius 2 is 1.28 bits per heavy atom. The molecule has 0 saturated carbocycles. The quantitative estimate of drug-likeness (QED) is 0.204. The van der Waals surface area contributed by atoms with Crippen molar-refractivity contribution in [2.75, 3.05) is 32.7 Å². The lowest BCUT2D eigenvalue weighted by Crippen LogP contribution is -2.48. The van der Waals surface area contributed by atoms with Gasteiger partial charge in [0.25, 0.3) is 0 Å². The van der Waals surface area contributed by atoms with Crippen molar-refractivity contribution in [2.24, 2.45) is 0 Å². The van der Waals surface area contributed by atoms with Crippen LogP contribution in [-0.4, -0.2) is 86.8 Å². The van der Waals surface area contributed by atoms with E-state index in [1.165, 1.54) is 45.9 Å². The van der Waals surface area contributed by atoms with Gasteiger partial charge in [0.05, 0.1) is 0 Å². The molecule has 0 bridgehead atoms. The minimum Gasteiger partial charge on any atom is -0.478 e. The molecule has 5 rings (SSSR count). The summed E-state index contributed by atoms with van der Waals surface area (Å²) in [6.45, 7) is 5.73. The smallest absolute Gasteiger partial charge is 0.328 e. The van der Waals surface area contributed by atoms with Crippen molar-refractivity contribution in [3.63, 3.8) is 0 Å². The summed E-state index contributed by atoms with van der Waals surface area (Å²) in [5, 5.41) is 32.1. The molecule has 0 amide bonds. The molecule has 4 N–H and O–H groups in total. The number of rotatable bonds is 9. The summed E-state index contributed by atoms with van der Waals surface area (Å²) in [5.74, 6) is -5.03. The summed E-state index contributed by atoms with van der Waals surface area (Å²) in [6.07, 6.45) is 5.69. The van der Waals surface area contributed by atoms with Crippen LogP contribution in [0.1, 0.15) is 29.2 Å². The largest absolute Gasteiger partial charge is 0.478 e. The van der Waals surface area contributed by atoms with E-state index in [9.17, 15) is 19.2 Å². The second-order valence-corrected chi connectivity index (χ2v) is 12.1. The highest BCUT2D eigenvalue weighted by molar-refractivity contribution is 7.99. The second kappa shape index (κ2) is 19.3. The topological polar surface area (TPSA) is 156 Å². The third kappa shape index (κ3) is 13.5. The van der Waals surface area contributed by atoms with E-state index >= 15 is 0 Å². The number of carboxylic acids is 4. The normalized spacial score (nSPS) is 16.1. The maximum absolute atomic E-state index is 9.55. The summed E-state index contributed by atoms with van der Waals surface area (Å²) >= 11 is 8.33. The third-order valence-corrected chi connectivity index (χ3v) is 8.75. The van der Waals surface area contributed by atoms with E-state index in [1.54, 1.807) is 0 Å². The van der Waals surface area contributed by atoms with Crippen LogP contribution in [0.2, 0.25) is 5.02 Å². The molecule has 0 spiro atoms. The zero-order chi connectivity index (χ0) is 34.2. The molecule has 2 aliphatic heterocycles. The van der Waals surface area contributed by atoms with Crippen molar-refractivity contribution >= 4 is 47.2 Å². The maximum atomic E-state index is 9.55. The van der Waals surface area contributed by atoms with E-state index in [-0.39, 0.29) is 0 Å². The SMILES string of the molecule is Clc1ccc2c(c1)C(N1CCN(CCCc3ccccc3)CC1)Cc1ccccc1S2.O=C(O)/C=C/C(=O)O.O=C(O)/C=C/C(=O)O. The number of carboxylic acid groups (broad SMARTS) is 4. The molecule has 248 valence electrons. The van der Waals surface area contributed by atoms with Gasteiger partial charge in [0, 0.05) is 71.3 Å². The average molecular weight is 681 g/mol. The predicted molar refractivity (Wildman–Crippen MR) is 180 cm³/mol. The molecule has 3 aromatic carbocycles. The van der Waals surface area contributed by atoms with Gasteiger partial charge in [-0.15, -0.1) is 0 Å². The van der Waals surface area contributed by atoms with Crippen LogP contribution in [0.25, 0.3) is 0 Å². The van der Waals surface area contributed by atoms with Crippen LogP contribution in [0.4, 0.5) is 0 Å². The lowest BCUT2D eigenvalue weighted by molar-refractivity contribution is -0.134. The molecule has 1 saturated heterocycles. The van der Waals surface area contributed by atoms with Crippen LogP contribution < -0.4 is 0 Å². The fourth-order valence-electron chi connectivity index (χ4n) is 5.14. The van der Waals surface area contributed by atoms with E-state index < -0.39 is 23.9 Å². The number of halogens is 1. The molecule has 0 aromatic heterocycles. The molecule has 3 aromatic rings. The molecule has 1 atom stereocenters. The molecule has 1 unspecified atom stereocenters. The first-order valence-corrected chi connectivity index (χ1v) is 16.0. The minimum absolute atomic E-state index is 0.399. The Labute approximate surface area is 282 Å². The zero-order valence-electron chi connectivity index (χ0n) is 25.6. The monoisotopic (exact) mass is 680 g/mol. The Kier molecular flexibility index (Phi) is 15.2. The van der Waals surface area contributed by atoms with Crippen LogP contribution in [0.15, 0.2) is 107 Å². The fourth-order valence-corrected chi connectivity index (χ4v) is 6.44. The summed E-state index contributed by atoms with van der Waals surface area (Å²) in [4.78, 5) is 46.3. The minimum atomic E-state index is -1.26. The number of aryl methyl sites for hydroxylation is 1. The Bertz CT molecular complexity index is 1510. The summed E-state index contributed by atoms with van der Waals surface area (Å²) in [7, 11) is 0. The van der Waals surface area contributed by atoms with E-state index in [1.807, 2.05) is 17.8 Å². The standard InChI is InChI=1S/C27H29ClN2S.2C4H4O4/c28-23-12-13-27-24(20-23)25(19-22-10-4-5-11-26(22)31-27)30-17-15-29(16-18-30)14-6-9-21-7-2-1-3-8-21;2*5-3(6)1-2-4(7)8/h1-5,7-8,10-13,20,25H,6,9,14-19H2;2*1-2H,(H,5,6)(H,7,8)/b;2*2-1+. The van der Waals surface area contributed by atoms with Crippen LogP contribution in [0.5, 0.6) is 0 Å². The van der Waals surface area contributed by atoms with Crippen molar-refractivity contribution in [2.45, 2.75) is 35.1 Å². The molecule has 0 aliphatic carbocycles. The lowest BCUT2D eigenvalue weighted by Gasteiger charge is -2.39. The van der Waals surface area contributed by atoms with Crippen LogP contribution in [0, 0.1) is 0 Å². The Morgan fingerprint density at radius 3 is 1.85 bits per heavy atom. The number of hydrogen-bond acceptors (Lipinski definition) is 7. The number of aliphatic carboxylic acids is 4. The lowest BCUT2D eigenvalue weighted by atomic mass is 9.96. The molecular formula is C35H37ClN2O8S. The van der Waals surface area contributed by atoms with Crippen LogP contribution in [-0.2, 0) is 32.0 Å². The average Bonchev–Trinajstić information content (AvgIpc) is 3.21. The van der Waals surface area contributed by atoms with Gasteiger partial charge in [0.2, 0.25) is 0 Å². The number of carbonyl (C=O) groups is 4. The van der Waals surface area contributed by atoms with E-state index in [0.717, 1.165) is 37.6 Å². The summed E-state index contributed by atoms with van der Waals surface area (Å²) in [5.41, 5.74) is 4.30. The van der Waals surface area contributed by atoms with Gasteiger partial charge in [-0.3, -0.25) is 4.90 Å². The van der Waals surface area contributed by atoms with Gasteiger partial charge in [-0.05, 0) is 66.8 Å². The first kappa shape index (κ1) is 37.0. The first-order valence-electron chi connectivity index (χ1n) is 14.8. The third-order valence-electron chi connectivity index (χ3n) is 7.30. The van der Waals surface area contributed by atoms with Gasteiger partial charge in [0.1, 0.15) is 0 Å². The Morgan fingerprint density at radius 1 is 0.723 bits per heavy atom. The Hall–Kier alpha value is -4.42. The number of piperazine rings is 1. The van der Waals surface area contributed by atoms with E-state index in [0.29, 0.717) is 30.3 Å². The fraction of sp³-hybridized carbons (Fsp3) is 0.257. The van der Waals surface area contributed by atoms with Gasteiger partial charge < -0.3 is 25.3 Å². The van der Waals surface area contributed by atoms with Crippen molar-refractivity contribution < 1.29 is 39.6 Å². The maximum Gasteiger partial charge on any atom is 0.328 e. The number of hydrogen-bond donors (Lipinski definition) is 4. The number of benzene rings is 3. The molecule has 2 heterocycles. The van der Waals surface area contributed by atoms with Gasteiger partial charge in [-0.25, -0.2) is 19.2 Å². The molecule has 1 fully saturated rings. The second-order valence-electron chi connectivity index (χ2n) is 10.6. The highest BCUT2D eigenvalue weighted by Crippen LogP contribution is 2.43. The highest BCUT2D eigenvalue weighted by Gasteiger charge is 2.30. The summed E-state index contributed by atoms with van der Waals surface area (Å²) in [6, 6.07) is 26.6. The molecule has 10 nitrogen and oxygen atoms in total. The van der Waals surface area contributed by atoms with Crippen LogP contribution >= 0.6 is 23.4 Å². The van der Waals surface area contributed by atoms with E-state index in [2.05, 4.69) is 76.5 Å². The number of nitrogens with zero attached hydrogens (tertiary/aromatic N) is 2. The van der Waals surface area contributed by atoms with Crippen LogP contribution in [0.3, 0.4) is 0 Å². The van der Waals surface area contributed by atoms with Gasteiger partial charge in [-0.2, -0.15) is 0 Å². The highest BCUT2D eigenvalue weighted by atomic mass is 35.5. The van der Waals surface area contributed by atoms with Gasteiger partial charge in [-0.1, -0.05) is 71.9 Å². The predicted octanol–water partition coefficient (Wildman–Crippen LogP) is 5.76. The molecule has 2 aliphatic rings. The summed E-state index contributed by atoms with van der Waals surface area (Å²) < 4.78 is 0. The van der Waals surface area contributed by atoms with Gasteiger partial charge >= 0.3 is 23.9 Å². The van der Waals surface area contributed by atoms with Crippen molar-refractivity contribution in [1.29, 1.82) is 0 Å². The van der Waals surface area contributed by atoms with E-state index in [4.69, 9.17) is 32.0 Å². The van der Waals surface area contributed by atoms with Crippen molar-refractivity contribution in [3.05, 3.63) is 119 Å². The zero-order valence-corrected chi connectivity index (χ0v) is 27.1. The van der Waals surface area contributed by atoms with Crippen molar-refractivity contribution in [1.82, 2.24) is 9.80 Å². The Balaban J connectivity index is 0.000000312. The van der Waals surface area contributed by atoms with Crippen molar-refractivity contribution in [3.8, 4) is 0 Å². The number of fused-ring (bicyclic) bond motifs is 2.